The van der Waals surface area contributed by atoms with E-state index in [1.54, 1.807) is 0 Å². The number of halogens is 2. The van der Waals surface area contributed by atoms with Crippen molar-refractivity contribution < 1.29 is 0 Å². The molecule has 0 unspecified atom stereocenters. The lowest BCUT2D eigenvalue weighted by molar-refractivity contribution is 0.923. The molecule has 0 heterocycles. The van der Waals surface area contributed by atoms with Gasteiger partial charge in [-0.05, 0) is 65.3 Å². The smallest absolute Gasteiger partial charge is 0.0485 e. The summed E-state index contributed by atoms with van der Waals surface area (Å²) < 4.78 is 1.22. The molecule has 0 spiro atoms. The summed E-state index contributed by atoms with van der Waals surface area (Å²) in [7, 11) is 0. The van der Waals surface area contributed by atoms with Gasteiger partial charge in [-0.3, -0.25) is 0 Å². The summed E-state index contributed by atoms with van der Waals surface area (Å²) in [6, 6.07) is 12.8. The molecule has 0 bridgehead atoms. The quantitative estimate of drug-likeness (QED) is 0.592. The summed E-state index contributed by atoms with van der Waals surface area (Å²) in [4.78, 5) is 0. The molecular formula is C16H16ClI. The lowest BCUT2D eigenvalue weighted by Crippen LogP contribution is -1.92. The zero-order valence-corrected chi connectivity index (χ0v) is 13.5. The van der Waals surface area contributed by atoms with Crippen molar-refractivity contribution >= 4 is 34.2 Å². The third kappa shape index (κ3) is 3.07. The predicted molar refractivity (Wildman–Crippen MR) is 88.3 cm³/mol. The predicted octanol–water partition coefficient (Wildman–Crippen LogP) is 5.87. The van der Waals surface area contributed by atoms with E-state index in [0.29, 0.717) is 0 Å². The minimum Gasteiger partial charge on any atom is -0.0837 e. The SMILES string of the molecule is CCCc1ccc(C)cc1-c1cc(I)ccc1Cl. The number of hydrogen-bond acceptors (Lipinski definition) is 0. The van der Waals surface area contributed by atoms with Crippen LogP contribution >= 0.6 is 34.2 Å². The molecule has 18 heavy (non-hydrogen) atoms. The Kier molecular flexibility index (Phi) is 4.68. The van der Waals surface area contributed by atoms with Crippen LogP contribution in [0.5, 0.6) is 0 Å². The van der Waals surface area contributed by atoms with Gasteiger partial charge in [0, 0.05) is 14.2 Å². The molecule has 0 atom stereocenters. The second-order valence-electron chi connectivity index (χ2n) is 4.53. The molecule has 0 fully saturated rings. The molecule has 2 aromatic carbocycles. The maximum Gasteiger partial charge on any atom is 0.0485 e. The topological polar surface area (TPSA) is 0 Å². The summed E-state index contributed by atoms with van der Waals surface area (Å²) >= 11 is 8.68. The van der Waals surface area contributed by atoms with E-state index in [1.165, 1.54) is 20.3 Å². The number of hydrogen-bond donors (Lipinski definition) is 0. The molecule has 0 nitrogen and oxygen atoms in total. The molecular weight excluding hydrogens is 355 g/mol. The third-order valence-corrected chi connectivity index (χ3v) is 4.00. The van der Waals surface area contributed by atoms with Crippen molar-refractivity contribution in [3.8, 4) is 11.1 Å². The van der Waals surface area contributed by atoms with Crippen LogP contribution in [0.15, 0.2) is 36.4 Å². The Morgan fingerprint density at radius 2 is 1.83 bits per heavy atom. The Hall–Kier alpha value is -0.540. The van der Waals surface area contributed by atoms with Crippen LogP contribution in [0.2, 0.25) is 5.02 Å². The number of benzene rings is 2. The summed E-state index contributed by atoms with van der Waals surface area (Å²) in [5, 5.41) is 0.832. The molecule has 0 aliphatic heterocycles. The zero-order chi connectivity index (χ0) is 13.1. The highest BCUT2D eigenvalue weighted by atomic mass is 127. The average Bonchev–Trinajstić information content (AvgIpc) is 2.35. The van der Waals surface area contributed by atoms with E-state index in [1.807, 2.05) is 12.1 Å². The summed E-state index contributed by atoms with van der Waals surface area (Å²) in [6.07, 6.45) is 2.25. The molecule has 0 aliphatic rings. The average molecular weight is 371 g/mol. The molecule has 0 N–H and O–H groups in total. The van der Waals surface area contributed by atoms with Crippen molar-refractivity contribution in [1.82, 2.24) is 0 Å². The van der Waals surface area contributed by atoms with Gasteiger partial charge in [-0.15, -0.1) is 0 Å². The summed E-state index contributed by atoms with van der Waals surface area (Å²) in [5.74, 6) is 0. The van der Waals surface area contributed by atoms with Gasteiger partial charge < -0.3 is 0 Å². The van der Waals surface area contributed by atoms with Crippen LogP contribution in [-0.4, -0.2) is 0 Å². The van der Waals surface area contributed by atoms with E-state index in [4.69, 9.17) is 11.6 Å². The van der Waals surface area contributed by atoms with Crippen LogP contribution in [0.4, 0.5) is 0 Å². The van der Waals surface area contributed by atoms with Crippen LogP contribution in [0, 0.1) is 10.5 Å². The van der Waals surface area contributed by atoms with Crippen molar-refractivity contribution in [3.05, 3.63) is 56.1 Å². The van der Waals surface area contributed by atoms with Gasteiger partial charge in [0.05, 0.1) is 0 Å². The van der Waals surface area contributed by atoms with Crippen LogP contribution < -0.4 is 0 Å². The highest BCUT2D eigenvalue weighted by Crippen LogP contribution is 2.33. The van der Waals surface area contributed by atoms with E-state index in [0.717, 1.165) is 23.4 Å². The van der Waals surface area contributed by atoms with E-state index >= 15 is 0 Å². The fourth-order valence-electron chi connectivity index (χ4n) is 2.13. The standard InChI is InChI=1S/C16H16ClI/c1-3-4-12-6-5-11(2)9-14(12)15-10-13(18)7-8-16(15)17/h5-10H,3-4H2,1-2H3. The van der Waals surface area contributed by atoms with Crippen LogP contribution in [0.25, 0.3) is 11.1 Å². The molecule has 0 saturated carbocycles. The van der Waals surface area contributed by atoms with Gasteiger partial charge in [-0.2, -0.15) is 0 Å². The largest absolute Gasteiger partial charge is 0.0837 e. The van der Waals surface area contributed by atoms with Crippen molar-refractivity contribution in [1.29, 1.82) is 0 Å². The van der Waals surface area contributed by atoms with Gasteiger partial charge in [0.2, 0.25) is 0 Å². The summed E-state index contributed by atoms with van der Waals surface area (Å²) in [5.41, 5.74) is 5.09. The molecule has 0 radical (unpaired) electrons. The highest BCUT2D eigenvalue weighted by molar-refractivity contribution is 14.1. The second-order valence-corrected chi connectivity index (χ2v) is 6.19. The Labute approximate surface area is 128 Å². The van der Waals surface area contributed by atoms with Crippen LogP contribution in [-0.2, 0) is 6.42 Å². The molecule has 2 aromatic rings. The van der Waals surface area contributed by atoms with Gasteiger partial charge >= 0.3 is 0 Å². The molecule has 94 valence electrons. The van der Waals surface area contributed by atoms with Gasteiger partial charge in [0.15, 0.2) is 0 Å². The Bertz CT molecular complexity index is 561. The van der Waals surface area contributed by atoms with Gasteiger partial charge in [-0.25, -0.2) is 0 Å². The first-order chi connectivity index (χ1) is 8.61. The number of rotatable bonds is 3. The van der Waals surface area contributed by atoms with Crippen LogP contribution in [0.3, 0.4) is 0 Å². The van der Waals surface area contributed by atoms with Crippen molar-refractivity contribution in [2.75, 3.05) is 0 Å². The van der Waals surface area contributed by atoms with Gasteiger partial charge in [0.1, 0.15) is 0 Å². The van der Waals surface area contributed by atoms with Crippen molar-refractivity contribution in [2.45, 2.75) is 26.7 Å². The molecule has 0 aromatic heterocycles. The minimum atomic E-state index is 0.832. The maximum atomic E-state index is 6.35. The van der Waals surface area contributed by atoms with E-state index in [-0.39, 0.29) is 0 Å². The molecule has 2 heteroatoms. The van der Waals surface area contributed by atoms with Crippen molar-refractivity contribution in [2.24, 2.45) is 0 Å². The highest BCUT2D eigenvalue weighted by Gasteiger charge is 2.09. The second kappa shape index (κ2) is 6.07. The van der Waals surface area contributed by atoms with E-state index < -0.39 is 0 Å². The Morgan fingerprint density at radius 1 is 1.06 bits per heavy atom. The summed E-state index contributed by atoms with van der Waals surface area (Å²) in [6.45, 7) is 4.33. The minimum absolute atomic E-state index is 0.832. The molecule has 2 rings (SSSR count). The molecule has 0 saturated heterocycles. The van der Waals surface area contributed by atoms with Gasteiger partial charge in [0.25, 0.3) is 0 Å². The first-order valence-electron chi connectivity index (χ1n) is 6.16. The Morgan fingerprint density at radius 3 is 2.56 bits per heavy atom. The fraction of sp³-hybridized carbons (Fsp3) is 0.250. The van der Waals surface area contributed by atoms with Gasteiger partial charge in [-0.1, -0.05) is 48.7 Å². The fourth-order valence-corrected chi connectivity index (χ4v) is 2.84. The third-order valence-electron chi connectivity index (χ3n) is 3.00. The van der Waals surface area contributed by atoms with E-state index in [9.17, 15) is 0 Å². The Balaban J connectivity index is 2.61. The monoisotopic (exact) mass is 370 g/mol. The lowest BCUT2D eigenvalue weighted by Gasteiger charge is -2.12. The van der Waals surface area contributed by atoms with Crippen LogP contribution in [0.1, 0.15) is 24.5 Å². The maximum absolute atomic E-state index is 6.35. The molecule has 0 amide bonds. The first kappa shape index (κ1) is 13.9. The van der Waals surface area contributed by atoms with Crippen molar-refractivity contribution in [3.63, 3.8) is 0 Å². The molecule has 0 aliphatic carbocycles. The normalized spacial score (nSPS) is 10.7. The number of aryl methyl sites for hydroxylation is 2. The van der Waals surface area contributed by atoms with E-state index in [2.05, 4.69) is 60.7 Å². The first-order valence-corrected chi connectivity index (χ1v) is 7.62. The zero-order valence-electron chi connectivity index (χ0n) is 10.6. The lowest BCUT2D eigenvalue weighted by atomic mass is 9.95.